The Bertz CT molecular complexity index is 765. The molecule has 1 atom stereocenters. The van der Waals surface area contributed by atoms with E-state index >= 15 is 0 Å². The maximum Gasteiger partial charge on any atom is 0.319 e. The number of nitrogens with zero attached hydrogens (tertiary/aromatic N) is 4. The number of nitrogens with one attached hydrogen (secondary N) is 2. The van der Waals surface area contributed by atoms with Crippen molar-refractivity contribution in [2.75, 3.05) is 11.9 Å². The normalized spacial score (nSPS) is 11.9. The predicted octanol–water partition coefficient (Wildman–Crippen LogP) is 2.59. The lowest BCUT2D eigenvalue weighted by Gasteiger charge is -2.13. The first kappa shape index (κ1) is 16.8. The first-order valence-electron chi connectivity index (χ1n) is 8.28. The van der Waals surface area contributed by atoms with Crippen LogP contribution in [-0.4, -0.2) is 32.1 Å². The van der Waals surface area contributed by atoms with Crippen molar-refractivity contribution < 1.29 is 4.79 Å². The van der Waals surface area contributed by atoms with Crippen LogP contribution in [0.15, 0.2) is 61.2 Å². The smallest absolute Gasteiger partial charge is 0.319 e. The zero-order chi connectivity index (χ0) is 17.5. The van der Waals surface area contributed by atoms with E-state index in [4.69, 9.17) is 0 Å². The van der Waals surface area contributed by atoms with Gasteiger partial charge in [0.1, 0.15) is 0 Å². The van der Waals surface area contributed by atoms with Crippen LogP contribution in [0.1, 0.15) is 12.5 Å². The van der Waals surface area contributed by atoms with Gasteiger partial charge in [-0.05, 0) is 35.7 Å². The van der Waals surface area contributed by atoms with Gasteiger partial charge < -0.3 is 10.6 Å². The summed E-state index contributed by atoms with van der Waals surface area (Å²) in [6.07, 6.45) is 7.35. The minimum atomic E-state index is -0.202. The fourth-order valence-corrected chi connectivity index (χ4v) is 2.51. The summed E-state index contributed by atoms with van der Waals surface area (Å²) >= 11 is 0. The monoisotopic (exact) mass is 338 g/mol. The van der Waals surface area contributed by atoms with Gasteiger partial charge in [-0.3, -0.25) is 9.36 Å². The summed E-state index contributed by atoms with van der Waals surface area (Å²) < 4.78 is 3.72. The lowest BCUT2D eigenvalue weighted by molar-refractivity contribution is 0.249. The lowest BCUT2D eigenvalue weighted by atomic mass is 10.2. The van der Waals surface area contributed by atoms with Crippen molar-refractivity contribution in [3.8, 4) is 0 Å². The molecule has 0 saturated carbocycles. The van der Waals surface area contributed by atoms with Gasteiger partial charge in [-0.2, -0.15) is 10.2 Å². The highest BCUT2D eigenvalue weighted by atomic mass is 16.2. The summed E-state index contributed by atoms with van der Waals surface area (Å²) in [5.41, 5.74) is 1.89. The summed E-state index contributed by atoms with van der Waals surface area (Å²) in [6.45, 7) is 4.15. The average Bonchev–Trinajstić information content (AvgIpc) is 3.29. The van der Waals surface area contributed by atoms with Gasteiger partial charge in [-0.15, -0.1) is 0 Å². The molecule has 0 fully saturated rings. The number of hydrogen-bond acceptors (Lipinski definition) is 3. The maximum atomic E-state index is 12.0. The van der Waals surface area contributed by atoms with E-state index in [0.717, 1.165) is 17.8 Å². The van der Waals surface area contributed by atoms with Crippen LogP contribution in [-0.2, 0) is 13.1 Å². The van der Waals surface area contributed by atoms with E-state index in [1.54, 1.807) is 12.4 Å². The molecule has 0 aliphatic heterocycles. The molecule has 0 saturated heterocycles. The topological polar surface area (TPSA) is 76.8 Å². The third-order valence-corrected chi connectivity index (χ3v) is 3.78. The molecule has 2 aromatic heterocycles. The zero-order valence-electron chi connectivity index (χ0n) is 14.2. The Morgan fingerprint density at radius 3 is 2.40 bits per heavy atom. The average molecular weight is 338 g/mol. The number of benzene rings is 1. The van der Waals surface area contributed by atoms with Crippen LogP contribution in [0.3, 0.4) is 0 Å². The standard InChI is InChI=1S/C18H22N6O/c1-15(13-23-10-2-8-20-23)12-19-18(25)22-17-6-4-16(5-7-17)14-24-11-3-9-21-24/h2-11,15H,12-14H2,1H3,(H2,19,22,25)/t15-/m0/s1. The van der Waals surface area contributed by atoms with Crippen LogP contribution in [0, 0.1) is 5.92 Å². The van der Waals surface area contributed by atoms with Gasteiger partial charge in [0.2, 0.25) is 0 Å². The second-order valence-corrected chi connectivity index (χ2v) is 6.07. The number of carbonyl (C=O) groups excluding carboxylic acids is 1. The van der Waals surface area contributed by atoms with Crippen LogP contribution in [0.25, 0.3) is 0 Å². The van der Waals surface area contributed by atoms with Crippen LogP contribution in [0.5, 0.6) is 0 Å². The summed E-state index contributed by atoms with van der Waals surface area (Å²) in [5, 5.41) is 14.1. The first-order valence-corrected chi connectivity index (χ1v) is 8.28. The first-order chi connectivity index (χ1) is 12.2. The van der Waals surface area contributed by atoms with E-state index < -0.39 is 0 Å². The minimum absolute atomic E-state index is 0.202. The molecule has 0 unspecified atom stereocenters. The molecule has 3 rings (SSSR count). The molecule has 25 heavy (non-hydrogen) atoms. The maximum absolute atomic E-state index is 12.0. The fraction of sp³-hybridized carbons (Fsp3) is 0.278. The summed E-state index contributed by atoms with van der Waals surface area (Å²) in [7, 11) is 0. The SMILES string of the molecule is C[C@@H](CNC(=O)Nc1ccc(Cn2cccn2)cc1)Cn1cccn1. The van der Waals surface area contributed by atoms with Crippen molar-refractivity contribution in [1.29, 1.82) is 0 Å². The molecule has 2 heterocycles. The Balaban J connectivity index is 1.43. The van der Waals surface area contributed by atoms with Crippen molar-refractivity contribution in [3.63, 3.8) is 0 Å². The van der Waals surface area contributed by atoms with Crippen molar-refractivity contribution in [2.24, 2.45) is 5.92 Å². The van der Waals surface area contributed by atoms with Gasteiger partial charge >= 0.3 is 6.03 Å². The highest BCUT2D eigenvalue weighted by molar-refractivity contribution is 5.89. The van der Waals surface area contributed by atoms with Crippen LogP contribution < -0.4 is 10.6 Å². The number of aromatic nitrogens is 4. The summed E-state index contributed by atoms with van der Waals surface area (Å²) in [4.78, 5) is 12.0. The Morgan fingerprint density at radius 1 is 1.08 bits per heavy atom. The predicted molar refractivity (Wildman–Crippen MR) is 96.2 cm³/mol. The number of amides is 2. The number of urea groups is 1. The number of hydrogen-bond donors (Lipinski definition) is 2. The molecule has 7 heteroatoms. The molecule has 3 aromatic rings. The molecule has 0 bridgehead atoms. The second kappa shape index (κ2) is 8.14. The van der Waals surface area contributed by atoms with Crippen molar-refractivity contribution in [1.82, 2.24) is 24.9 Å². The zero-order valence-corrected chi connectivity index (χ0v) is 14.2. The van der Waals surface area contributed by atoms with E-state index in [1.807, 2.05) is 58.2 Å². The second-order valence-electron chi connectivity index (χ2n) is 6.07. The van der Waals surface area contributed by atoms with E-state index in [9.17, 15) is 4.79 Å². The number of anilines is 1. The molecule has 130 valence electrons. The summed E-state index contributed by atoms with van der Waals surface area (Å²) in [6, 6.07) is 11.3. The van der Waals surface area contributed by atoms with Crippen molar-refractivity contribution in [3.05, 3.63) is 66.7 Å². The quantitative estimate of drug-likeness (QED) is 0.695. The van der Waals surface area contributed by atoms with E-state index in [0.29, 0.717) is 19.0 Å². The van der Waals surface area contributed by atoms with Crippen molar-refractivity contribution >= 4 is 11.7 Å². The van der Waals surface area contributed by atoms with E-state index in [2.05, 4.69) is 27.8 Å². The van der Waals surface area contributed by atoms with Gasteiger partial charge in [0.15, 0.2) is 0 Å². The van der Waals surface area contributed by atoms with Crippen LogP contribution in [0.4, 0.5) is 10.5 Å². The molecule has 0 aliphatic carbocycles. The van der Waals surface area contributed by atoms with Crippen LogP contribution >= 0.6 is 0 Å². The summed E-state index contributed by atoms with van der Waals surface area (Å²) in [5.74, 6) is 0.294. The van der Waals surface area contributed by atoms with E-state index in [-0.39, 0.29) is 6.03 Å². The molecule has 0 radical (unpaired) electrons. The highest BCUT2D eigenvalue weighted by Gasteiger charge is 2.07. The Hall–Kier alpha value is -3.09. The van der Waals surface area contributed by atoms with Gasteiger partial charge in [0, 0.05) is 43.6 Å². The molecular weight excluding hydrogens is 316 g/mol. The molecule has 2 N–H and O–H groups in total. The molecule has 0 aliphatic rings. The molecule has 2 amide bonds. The van der Waals surface area contributed by atoms with Gasteiger partial charge in [0.05, 0.1) is 6.54 Å². The molecule has 1 aromatic carbocycles. The van der Waals surface area contributed by atoms with Gasteiger partial charge in [-0.25, -0.2) is 4.79 Å². The third-order valence-electron chi connectivity index (χ3n) is 3.78. The number of carbonyl (C=O) groups is 1. The third kappa shape index (κ3) is 5.20. The van der Waals surface area contributed by atoms with Gasteiger partial charge in [0.25, 0.3) is 0 Å². The van der Waals surface area contributed by atoms with Crippen LogP contribution in [0.2, 0.25) is 0 Å². The minimum Gasteiger partial charge on any atom is -0.338 e. The molecular formula is C18H22N6O. The lowest BCUT2D eigenvalue weighted by Crippen LogP contribution is -2.33. The van der Waals surface area contributed by atoms with E-state index in [1.165, 1.54) is 0 Å². The fourth-order valence-electron chi connectivity index (χ4n) is 2.51. The molecule has 7 nitrogen and oxygen atoms in total. The van der Waals surface area contributed by atoms with Crippen molar-refractivity contribution in [2.45, 2.75) is 20.0 Å². The highest BCUT2D eigenvalue weighted by Crippen LogP contribution is 2.10. The molecule has 0 spiro atoms. The Kier molecular flexibility index (Phi) is 5.46. The Labute approximate surface area is 146 Å². The Morgan fingerprint density at radius 2 is 1.76 bits per heavy atom. The largest absolute Gasteiger partial charge is 0.338 e. The van der Waals surface area contributed by atoms with Gasteiger partial charge in [-0.1, -0.05) is 19.1 Å². The number of rotatable bonds is 7.